The van der Waals surface area contributed by atoms with E-state index in [9.17, 15) is 0 Å². The molecular weight excluding hydrogens is 264 g/mol. The summed E-state index contributed by atoms with van der Waals surface area (Å²) in [4.78, 5) is 0. The van der Waals surface area contributed by atoms with Crippen molar-refractivity contribution < 1.29 is 0 Å². The normalized spacial score (nSPS) is 9.50. The van der Waals surface area contributed by atoms with Crippen molar-refractivity contribution >= 4 is 39.9 Å². The number of rotatable bonds is 1. The lowest BCUT2D eigenvalue weighted by molar-refractivity contribution is 1.00. The second-order valence-electron chi connectivity index (χ2n) is 1.62. The van der Waals surface area contributed by atoms with Gasteiger partial charge in [-0.05, 0) is 22.6 Å². The minimum Gasteiger partial charge on any atom is -0.386 e. The minimum absolute atomic E-state index is 0.407. The third kappa shape index (κ3) is 1.69. The van der Waals surface area contributed by atoms with Crippen molar-refractivity contribution in [3.8, 4) is 0 Å². The average Bonchev–Trinajstić information content (AvgIpc) is 1.94. The number of hydrogen-bond acceptors (Lipinski definition) is 3. The molecule has 0 aliphatic heterocycles. The lowest BCUT2D eigenvalue weighted by Gasteiger charge is -1.99. The predicted octanol–water partition coefficient (Wildman–Crippen LogP) is 1.78. The fraction of sp³-hybridized carbons (Fsp3) is 0.200. The Kier molecular flexibility index (Phi) is 2.67. The highest BCUT2D eigenvalue weighted by Crippen LogP contribution is 2.16. The Morgan fingerprint density at radius 3 is 2.80 bits per heavy atom. The summed E-state index contributed by atoms with van der Waals surface area (Å²) >= 11 is 7.66. The first-order chi connectivity index (χ1) is 4.74. The summed E-state index contributed by atoms with van der Waals surface area (Å²) in [6, 6.07) is 1.73. The van der Waals surface area contributed by atoms with E-state index in [0.29, 0.717) is 5.15 Å². The van der Waals surface area contributed by atoms with Crippen LogP contribution in [0.1, 0.15) is 0 Å². The van der Waals surface area contributed by atoms with Crippen LogP contribution in [0.5, 0.6) is 0 Å². The van der Waals surface area contributed by atoms with Crippen molar-refractivity contribution in [2.75, 3.05) is 12.4 Å². The molecule has 10 heavy (non-hydrogen) atoms. The van der Waals surface area contributed by atoms with Crippen LogP contribution >= 0.6 is 34.2 Å². The molecule has 0 aliphatic rings. The van der Waals surface area contributed by atoms with Crippen LogP contribution in [0, 0.1) is 3.70 Å². The highest BCUT2D eigenvalue weighted by molar-refractivity contribution is 14.1. The molecule has 0 saturated heterocycles. The molecule has 0 amide bonds. The molecule has 0 aromatic carbocycles. The van der Waals surface area contributed by atoms with Gasteiger partial charge in [0.25, 0.3) is 0 Å². The second kappa shape index (κ2) is 3.34. The van der Waals surface area contributed by atoms with Crippen molar-refractivity contribution in [3.63, 3.8) is 0 Å². The molecule has 0 aliphatic carbocycles. The molecule has 0 atom stereocenters. The van der Waals surface area contributed by atoms with Crippen LogP contribution < -0.4 is 5.32 Å². The number of hydrogen-bond donors (Lipinski definition) is 1. The molecule has 1 rings (SSSR count). The Labute approximate surface area is 77.3 Å². The Balaban J connectivity index is 3.09. The molecule has 0 radical (unpaired) electrons. The monoisotopic (exact) mass is 269 g/mol. The van der Waals surface area contributed by atoms with Gasteiger partial charge >= 0.3 is 0 Å². The molecule has 0 fully saturated rings. The summed E-state index contributed by atoms with van der Waals surface area (Å²) < 4.78 is 0.824. The van der Waals surface area contributed by atoms with Crippen molar-refractivity contribution in [1.29, 1.82) is 0 Å². The van der Waals surface area contributed by atoms with E-state index < -0.39 is 0 Å². The summed E-state index contributed by atoms with van der Waals surface area (Å²) in [5.41, 5.74) is 0.903. The van der Waals surface area contributed by atoms with Crippen LogP contribution in [0.4, 0.5) is 5.69 Å². The highest BCUT2D eigenvalue weighted by Gasteiger charge is 1.99. The number of aromatic nitrogens is 2. The van der Waals surface area contributed by atoms with E-state index in [1.807, 2.05) is 7.05 Å². The van der Waals surface area contributed by atoms with Crippen molar-refractivity contribution in [1.82, 2.24) is 10.2 Å². The summed E-state index contributed by atoms with van der Waals surface area (Å²) in [5.74, 6) is 0. The number of nitrogens with one attached hydrogen (secondary N) is 1. The Morgan fingerprint density at radius 2 is 2.30 bits per heavy atom. The zero-order chi connectivity index (χ0) is 7.56. The van der Waals surface area contributed by atoms with Gasteiger partial charge < -0.3 is 5.32 Å². The van der Waals surface area contributed by atoms with Crippen LogP contribution in [-0.2, 0) is 0 Å². The van der Waals surface area contributed by atoms with Crippen LogP contribution in [0.3, 0.4) is 0 Å². The summed E-state index contributed by atoms with van der Waals surface area (Å²) in [7, 11) is 1.81. The third-order valence-corrected chi connectivity index (χ3v) is 1.97. The lowest BCUT2D eigenvalue weighted by Crippen LogP contribution is -1.95. The van der Waals surface area contributed by atoms with Gasteiger partial charge in [0.1, 0.15) is 3.70 Å². The fourth-order valence-corrected chi connectivity index (χ4v) is 1.21. The Hall–Kier alpha value is -0.100. The van der Waals surface area contributed by atoms with Crippen LogP contribution in [0.15, 0.2) is 6.07 Å². The van der Waals surface area contributed by atoms with Crippen molar-refractivity contribution in [2.45, 2.75) is 0 Å². The summed E-state index contributed by atoms with van der Waals surface area (Å²) in [5, 5.41) is 10.8. The first kappa shape index (κ1) is 8.00. The smallest absolute Gasteiger partial charge is 0.153 e. The molecule has 1 heterocycles. The Morgan fingerprint density at radius 1 is 1.60 bits per heavy atom. The number of anilines is 1. The van der Waals surface area contributed by atoms with E-state index in [1.54, 1.807) is 6.07 Å². The highest BCUT2D eigenvalue weighted by atomic mass is 127. The molecule has 5 heteroatoms. The predicted molar refractivity (Wildman–Crippen MR) is 49.3 cm³/mol. The van der Waals surface area contributed by atoms with E-state index in [-0.39, 0.29) is 0 Å². The lowest BCUT2D eigenvalue weighted by atomic mass is 10.5. The molecule has 0 bridgehead atoms. The zero-order valence-corrected chi connectivity index (χ0v) is 8.14. The zero-order valence-electron chi connectivity index (χ0n) is 5.23. The maximum Gasteiger partial charge on any atom is 0.153 e. The van der Waals surface area contributed by atoms with Gasteiger partial charge in [0.2, 0.25) is 0 Å². The van der Waals surface area contributed by atoms with E-state index in [0.717, 1.165) is 9.39 Å². The molecule has 0 unspecified atom stereocenters. The van der Waals surface area contributed by atoms with Gasteiger partial charge in [0.15, 0.2) is 5.15 Å². The van der Waals surface area contributed by atoms with Crippen LogP contribution in [0.2, 0.25) is 5.15 Å². The van der Waals surface area contributed by atoms with Gasteiger partial charge in [-0.1, -0.05) is 11.6 Å². The molecule has 1 N–H and O–H groups in total. The van der Waals surface area contributed by atoms with Crippen molar-refractivity contribution in [2.24, 2.45) is 0 Å². The first-order valence-corrected chi connectivity index (χ1v) is 4.06. The van der Waals surface area contributed by atoms with E-state index >= 15 is 0 Å². The quantitative estimate of drug-likeness (QED) is 0.790. The minimum atomic E-state index is 0.407. The fourth-order valence-electron chi connectivity index (χ4n) is 0.528. The molecular formula is C5H5ClIN3. The number of nitrogens with zero attached hydrogens (tertiary/aromatic N) is 2. The molecule has 0 spiro atoms. The largest absolute Gasteiger partial charge is 0.386 e. The molecule has 1 aromatic heterocycles. The molecule has 54 valence electrons. The van der Waals surface area contributed by atoms with Gasteiger partial charge in [-0.3, -0.25) is 0 Å². The third-order valence-electron chi connectivity index (χ3n) is 0.988. The maximum absolute atomic E-state index is 5.58. The van der Waals surface area contributed by atoms with Crippen LogP contribution in [0.25, 0.3) is 0 Å². The maximum atomic E-state index is 5.58. The van der Waals surface area contributed by atoms with Gasteiger partial charge in [-0.2, -0.15) is 0 Å². The summed E-state index contributed by atoms with van der Waals surface area (Å²) in [6.07, 6.45) is 0. The summed E-state index contributed by atoms with van der Waals surface area (Å²) in [6.45, 7) is 0. The van der Waals surface area contributed by atoms with Crippen LogP contribution in [-0.4, -0.2) is 17.2 Å². The molecule has 0 saturated carbocycles. The van der Waals surface area contributed by atoms with E-state index in [1.165, 1.54) is 0 Å². The van der Waals surface area contributed by atoms with Gasteiger partial charge in [-0.15, -0.1) is 10.2 Å². The second-order valence-corrected chi connectivity index (χ2v) is 3.03. The van der Waals surface area contributed by atoms with Gasteiger partial charge in [-0.25, -0.2) is 0 Å². The van der Waals surface area contributed by atoms with E-state index in [4.69, 9.17) is 11.6 Å². The van der Waals surface area contributed by atoms with E-state index in [2.05, 4.69) is 38.1 Å². The van der Waals surface area contributed by atoms with Crippen molar-refractivity contribution in [3.05, 3.63) is 14.9 Å². The van der Waals surface area contributed by atoms with Gasteiger partial charge in [0.05, 0.1) is 5.69 Å². The Bertz CT molecular complexity index is 240. The number of halogens is 2. The standard InChI is InChI=1S/C5H5ClIN3/c1-8-3-2-4(6)9-10-5(3)7/h2H,1H3,(H,8,9). The topological polar surface area (TPSA) is 37.8 Å². The molecule has 1 aromatic rings. The SMILES string of the molecule is CNc1cc(Cl)nnc1I. The average molecular weight is 269 g/mol. The van der Waals surface area contributed by atoms with Gasteiger partial charge in [0, 0.05) is 13.1 Å². The first-order valence-electron chi connectivity index (χ1n) is 2.60. The molecule has 3 nitrogen and oxygen atoms in total.